The lowest BCUT2D eigenvalue weighted by Gasteiger charge is -2.16. The van der Waals surface area contributed by atoms with Gasteiger partial charge < -0.3 is 13.6 Å². The molecule has 2 aliphatic heterocycles. The molecule has 0 saturated heterocycles. The minimum atomic E-state index is -3.56. The minimum Gasteiger partial charge on any atom is -0.381 e. The third kappa shape index (κ3) is 1.22. The van der Waals surface area contributed by atoms with Gasteiger partial charge in [-0.3, -0.25) is 4.57 Å². The number of nitrogens with zero attached hydrogens (tertiary/aromatic N) is 3. The Morgan fingerprint density at radius 1 is 1.33 bits per heavy atom. The maximum atomic E-state index is 12.0. The van der Waals surface area contributed by atoms with E-state index in [4.69, 9.17) is 13.6 Å². The van der Waals surface area contributed by atoms with Crippen molar-refractivity contribution in [2.24, 2.45) is 0 Å². The van der Waals surface area contributed by atoms with E-state index in [1.54, 1.807) is 23.3 Å². The van der Waals surface area contributed by atoms with Gasteiger partial charge in [-0.15, -0.1) is 0 Å². The van der Waals surface area contributed by atoms with Crippen LogP contribution >= 0.6 is 23.8 Å². The van der Waals surface area contributed by atoms with E-state index in [9.17, 15) is 4.57 Å². The summed E-state index contributed by atoms with van der Waals surface area (Å²) in [5.41, 5.74) is 0.692. The molecule has 1 atom stereocenters. The van der Waals surface area contributed by atoms with Crippen LogP contribution in [0.3, 0.4) is 0 Å². The maximum absolute atomic E-state index is 12.0. The highest BCUT2D eigenvalue weighted by Crippen LogP contribution is 2.66. The fourth-order valence-electron chi connectivity index (χ4n) is 1.87. The van der Waals surface area contributed by atoms with E-state index in [0.29, 0.717) is 28.2 Å². The number of fused-ring (bicyclic) bond motifs is 2. The topological polar surface area (TPSA) is 75.5 Å². The van der Waals surface area contributed by atoms with Crippen molar-refractivity contribution in [3.63, 3.8) is 0 Å². The number of hydrogen-bond acceptors (Lipinski definition) is 6. The first-order valence-corrected chi connectivity index (χ1v) is 7.58. The van der Waals surface area contributed by atoms with Gasteiger partial charge in [-0.1, -0.05) is 15.9 Å². The lowest BCUT2D eigenvalue weighted by Crippen LogP contribution is -2.07. The second-order valence-corrected chi connectivity index (χ2v) is 5.70. The zero-order valence-corrected chi connectivity index (χ0v) is 11.2. The second-order valence-electron chi connectivity index (χ2n) is 3.70. The van der Waals surface area contributed by atoms with Gasteiger partial charge in [0.1, 0.15) is 6.33 Å². The van der Waals surface area contributed by atoms with Crippen LogP contribution in [0.4, 0.5) is 0 Å². The average Bonchev–Trinajstić information content (AvgIpc) is 2.91. The van der Waals surface area contributed by atoms with Gasteiger partial charge in [0.15, 0.2) is 11.6 Å². The van der Waals surface area contributed by atoms with Crippen molar-refractivity contribution in [2.45, 2.75) is 5.33 Å². The molecule has 2 aromatic heterocycles. The highest BCUT2D eigenvalue weighted by atomic mass is 79.9. The fourth-order valence-corrected chi connectivity index (χ4v) is 3.64. The van der Waals surface area contributed by atoms with Crippen molar-refractivity contribution in [1.29, 1.82) is 0 Å². The Labute approximate surface area is 109 Å². The average molecular weight is 330 g/mol. The summed E-state index contributed by atoms with van der Waals surface area (Å²) in [6, 6.07) is 0. The molecule has 0 spiro atoms. The van der Waals surface area contributed by atoms with Gasteiger partial charge >= 0.3 is 7.82 Å². The third-order valence-corrected chi connectivity index (χ3v) is 4.41. The first-order chi connectivity index (χ1) is 8.70. The van der Waals surface area contributed by atoms with Crippen molar-refractivity contribution in [3.05, 3.63) is 24.3 Å². The second kappa shape index (κ2) is 3.27. The van der Waals surface area contributed by atoms with Gasteiger partial charge in [-0.2, -0.15) is 9.55 Å². The summed E-state index contributed by atoms with van der Waals surface area (Å²) in [6.07, 6.45) is 4.89. The molecule has 0 saturated carbocycles. The molecule has 0 N–H and O–H groups in total. The van der Waals surface area contributed by atoms with E-state index in [1.807, 2.05) is 0 Å². The quantitative estimate of drug-likeness (QED) is 0.622. The van der Waals surface area contributed by atoms with E-state index < -0.39 is 7.82 Å². The minimum absolute atomic E-state index is 0.265. The van der Waals surface area contributed by atoms with Crippen LogP contribution < -0.4 is 13.6 Å². The number of hydrogen-bond donors (Lipinski definition) is 0. The fraction of sp³-hybridized carbons (Fsp3) is 0.111. The molecule has 4 heterocycles. The Morgan fingerprint density at radius 3 is 2.89 bits per heavy atom. The summed E-state index contributed by atoms with van der Waals surface area (Å²) >= 11 is 3.31. The molecule has 0 radical (unpaired) electrons. The normalized spacial score (nSPS) is 22.5. The number of imidazole rings is 1. The number of phosphoric acid groups is 1. The van der Waals surface area contributed by atoms with Crippen LogP contribution in [-0.2, 0) is 9.90 Å². The summed E-state index contributed by atoms with van der Waals surface area (Å²) in [4.78, 5) is 8.23. The lowest BCUT2D eigenvalue weighted by atomic mass is 10.2. The van der Waals surface area contributed by atoms with Crippen LogP contribution in [-0.4, -0.2) is 14.5 Å². The molecule has 92 valence electrons. The van der Waals surface area contributed by atoms with E-state index in [-0.39, 0.29) is 5.88 Å². The number of rotatable bonds is 2. The summed E-state index contributed by atoms with van der Waals surface area (Å²) < 4.78 is 29.4. The predicted molar refractivity (Wildman–Crippen MR) is 63.5 cm³/mol. The molecule has 2 aromatic rings. The Hall–Kier alpha value is -1.53. The molecule has 1 unspecified atom stereocenters. The zero-order valence-electron chi connectivity index (χ0n) is 8.74. The molecule has 0 amide bonds. The highest BCUT2D eigenvalue weighted by molar-refractivity contribution is 9.08. The molecular weight excluding hydrogens is 325 g/mol. The maximum Gasteiger partial charge on any atom is 0.648 e. The third-order valence-electron chi connectivity index (χ3n) is 2.64. The number of halogens is 1. The first-order valence-electron chi connectivity index (χ1n) is 5.00. The Kier molecular flexibility index (Phi) is 1.89. The van der Waals surface area contributed by atoms with Crippen LogP contribution in [0.1, 0.15) is 5.56 Å². The van der Waals surface area contributed by atoms with Gasteiger partial charge in [0.25, 0.3) is 0 Å². The SMILES string of the molecule is O=P12Oc3nc(-n4ccnc4)c(c(c3CBr)O1)O2. The Bertz CT molecular complexity index is 696. The number of phosphoric ester groups is 1. The Balaban J connectivity index is 2.04. The van der Waals surface area contributed by atoms with Crippen LogP contribution in [0, 0.1) is 0 Å². The molecule has 3 bridgehead atoms. The first kappa shape index (κ1) is 10.4. The Morgan fingerprint density at radius 2 is 2.17 bits per heavy atom. The van der Waals surface area contributed by atoms with Crippen molar-refractivity contribution < 1.29 is 18.1 Å². The van der Waals surface area contributed by atoms with Crippen molar-refractivity contribution in [3.8, 4) is 23.2 Å². The molecule has 18 heavy (non-hydrogen) atoms. The summed E-state index contributed by atoms with van der Waals surface area (Å²) in [5, 5.41) is 0.477. The standard InChI is InChI=1S/C9H5BrN3O4P/c10-3-5-6-7-8(13-2-1-11-4-13)12-9(5)17-18(14,15-6)16-7/h1-2,4H,3H2. The summed E-state index contributed by atoms with van der Waals surface area (Å²) in [7, 11) is -3.56. The molecule has 2 aliphatic rings. The molecule has 0 aromatic carbocycles. The van der Waals surface area contributed by atoms with Crippen LogP contribution in [0.5, 0.6) is 17.4 Å². The van der Waals surface area contributed by atoms with E-state index in [2.05, 4.69) is 25.9 Å². The van der Waals surface area contributed by atoms with Gasteiger partial charge in [-0.05, 0) is 0 Å². The van der Waals surface area contributed by atoms with Crippen molar-refractivity contribution in [1.82, 2.24) is 14.5 Å². The summed E-state index contributed by atoms with van der Waals surface area (Å²) in [6.45, 7) is 0. The summed E-state index contributed by atoms with van der Waals surface area (Å²) in [5.74, 6) is 1.47. The van der Waals surface area contributed by atoms with E-state index in [1.165, 1.54) is 0 Å². The largest absolute Gasteiger partial charge is 0.648 e. The van der Waals surface area contributed by atoms with E-state index >= 15 is 0 Å². The van der Waals surface area contributed by atoms with Crippen molar-refractivity contribution >= 4 is 23.8 Å². The highest BCUT2D eigenvalue weighted by Gasteiger charge is 2.50. The van der Waals surface area contributed by atoms with Gasteiger partial charge in [-0.25, -0.2) is 4.98 Å². The number of pyridine rings is 1. The predicted octanol–water partition coefficient (Wildman–Crippen LogP) is 2.43. The molecule has 7 nitrogen and oxygen atoms in total. The van der Waals surface area contributed by atoms with Crippen LogP contribution in [0.2, 0.25) is 0 Å². The molecule has 0 fully saturated rings. The molecular formula is C9H5BrN3O4P. The van der Waals surface area contributed by atoms with E-state index in [0.717, 1.165) is 0 Å². The molecule has 4 rings (SSSR count). The molecule has 0 aliphatic carbocycles. The molecule has 9 heteroatoms. The zero-order chi connectivity index (χ0) is 12.3. The van der Waals surface area contributed by atoms with Crippen LogP contribution in [0.15, 0.2) is 18.7 Å². The number of aromatic nitrogens is 3. The lowest BCUT2D eigenvalue weighted by molar-refractivity contribution is 0.319. The van der Waals surface area contributed by atoms with Gasteiger partial charge in [0, 0.05) is 17.7 Å². The van der Waals surface area contributed by atoms with Crippen molar-refractivity contribution in [2.75, 3.05) is 0 Å². The van der Waals surface area contributed by atoms with Gasteiger partial charge in [0.2, 0.25) is 11.6 Å². The van der Waals surface area contributed by atoms with Crippen LogP contribution in [0.25, 0.3) is 5.82 Å². The van der Waals surface area contributed by atoms with Gasteiger partial charge in [0.05, 0.1) is 5.56 Å². The smallest absolute Gasteiger partial charge is 0.381 e. The monoisotopic (exact) mass is 329 g/mol. The number of alkyl halides is 1.